The molecule has 1 amide bonds. The minimum Gasteiger partial charge on any atom is -0.469 e. The van der Waals surface area contributed by atoms with Crippen LogP contribution in [0.5, 0.6) is 0 Å². The summed E-state index contributed by atoms with van der Waals surface area (Å²) in [5.74, 6) is -2.32. The number of rotatable bonds is 5. The Morgan fingerprint density at radius 1 is 1.21 bits per heavy atom. The number of nitrogens with one attached hydrogen (secondary N) is 1. The normalized spacial score (nSPS) is 15.2. The number of methoxy groups -OCH3 is 2. The maximum absolute atomic E-state index is 12.7. The fraction of sp³-hybridized carbons (Fsp3) is 0.238. The molecule has 0 bridgehead atoms. The lowest BCUT2D eigenvalue weighted by molar-refractivity contribution is -0.142. The maximum Gasteiger partial charge on any atom is 0.341 e. The van der Waals surface area contributed by atoms with Crippen LogP contribution in [0.3, 0.4) is 0 Å². The van der Waals surface area contributed by atoms with E-state index >= 15 is 0 Å². The minimum atomic E-state index is -0.654. The van der Waals surface area contributed by atoms with Crippen molar-refractivity contribution < 1.29 is 23.9 Å². The van der Waals surface area contributed by atoms with Crippen LogP contribution in [0.1, 0.15) is 38.7 Å². The molecule has 2 aromatic rings. The van der Waals surface area contributed by atoms with Crippen molar-refractivity contribution in [1.29, 1.82) is 5.26 Å². The van der Waals surface area contributed by atoms with Crippen LogP contribution < -0.4 is 5.32 Å². The number of carbonyl (C=O) groups is 3. The van der Waals surface area contributed by atoms with Gasteiger partial charge in [-0.05, 0) is 30.0 Å². The number of esters is 2. The number of hydrogen-bond acceptors (Lipinski definition) is 7. The molecule has 0 saturated carbocycles. The van der Waals surface area contributed by atoms with Crippen molar-refractivity contribution in [3.8, 4) is 6.07 Å². The number of ether oxygens (including phenoxy) is 2. The van der Waals surface area contributed by atoms with Gasteiger partial charge >= 0.3 is 11.9 Å². The number of anilines is 1. The second-order valence-corrected chi connectivity index (χ2v) is 7.39. The van der Waals surface area contributed by atoms with Crippen LogP contribution in [0, 0.1) is 11.3 Å². The first-order valence-electron chi connectivity index (χ1n) is 8.80. The fourth-order valence-corrected chi connectivity index (χ4v) is 4.53. The van der Waals surface area contributed by atoms with Crippen molar-refractivity contribution in [1.82, 2.24) is 0 Å². The predicted octanol–water partition coefficient (Wildman–Crippen LogP) is 3.28. The maximum atomic E-state index is 12.7. The van der Waals surface area contributed by atoms with Gasteiger partial charge in [-0.25, -0.2) is 4.79 Å². The quantitative estimate of drug-likeness (QED) is 0.461. The summed E-state index contributed by atoms with van der Waals surface area (Å²) in [6.45, 7) is 0. The summed E-state index contributed by atoms with van der Waals surface area (Å²) in [7, 11) is 2.52. The van der Waals surface area contributed by atoms with Crippen LogP contribution >= 0.6 is 11.3 Å². The average Bonchev–Trinajstić information content (AvgIpc) is 3.30. The first-order chi connectivity index (χ1) is 14.0. The summed E-state index contributed by atoms with van der Waals surface area (Å²) in [6, 6.07) is 10.8. The van der Waals surface area contributed by atoms with Gasteiger partial charge in [0.2, 0.25) is 0 Å². The van der Waals surface area contributed by atoms with Gasteiger partial charge in [0.15, 0.2) is 0 Å². The molecule has 1 aromatic heterocycles. The second kappa shape index (κ2) is 8.71. The summed E-state index contributed by atoms with van der Waals surface area (Å²) >= 11 is 1.21. The summed E-state index contributed by atoms with van der Waals surface area (Å²) < 4.78 is 9.72. The Morgan fingerprint density at radius 3 is 2.55 bits per heavy atom. The molecule has 8 heteroatoms. The molecule has 1 N–H and O–H groups in total. The highest BCUT2D eigenvalue weighted by Crippen LogP contribution is 2.46. The Balaban J connectivity index is 1.96. The monoisotopic (exact) mass is 410 g/mol. The zero-order valence-electron chi connectivity index (χ0n) is 15.9. The van der Waals surface area contributed by atoms with Crippen molar-refractivity contribution in [2.75, 3.05) is 19.5 Å². The first kappa shape index (κ1) is 20.3. The number of carbonyl (C=O) groups excluding carboxylic acids is 3. The first-order valence-corrected chi connectivity index (χ1v) is 9.61. The second-order valence-electron chi connectivity index (χ2n) is 6.28. The van der Waals surface area contributed by atoms with Gasteiger partial charge in [-0.15, -0.1) is 11.3 Å². The number of nitrogens with zero attached hydrogens (tertiary/aromatic N) is 1. The number of fused-ring (bicyclic) bond motifs is 1. The van der Waals surface area contributed by atoms with Crippen LogP contribution in [0.2, 0.25) is 0 Å². The zero-order chi connectivity index (χ0) is 21.0. The minimum absolute atomic E-state index is 0.106. The van der Waals surface area contributed by atoms with E-state index in [1.54, 1.807) is 24.3 Å². The third-order valence-electron chi connectivity index (χ3n) is 4.61. The molecule has 1 aliphatic carbocycles. The average molecular weight is 410 g/mol. The number of nitriles is 1. The van der Waals surface area contributed by atoms with Crippen LogP contribution in [-0.2, 0) is 25.5 Å². The Morgan fingerprint density at radius 2 is 1.93 bits per heavy atom. The fourth-order valence-electron chi connectivity index (χ4n) is 3.27. The number of thiophene rings is 1. The van der Waals surface area contributed by atoms with E-state index in [-0.39, 0.29) is 16.1 Å². The third-order valence-corrected chi connectivity index (χ3v) is 5.79. The number of aryl methyl sites for hydroxylation is 1. The Kier molecular flexibility index (Phi) is 6.10. The van der Waals surface area contributed by atoms with Crippen molar-refractivity contribution in [3.63, 3.8) is 0 Å². The van der Waals surface area contributed by atoms with E-state index in [1.807, 2.05) is 12.1 Å². The topological polar surface area (TPSA) is 105 Å². The largest absolute Gasteiger partial charge is 0.469 e. The van der Waals surface area contributed by atoms with Gasteiger partial charge in [0.1, 0.15) is 16.6 Å². The Hall–Kier alpha value is -3.44. The zero-order valence-corrected chi connectivity index (χ0v) is 16.7. The molecule has 0 saturated heterocycles. The summed E-state index contributed by atoms with van der Waals surface area (Å²) in [6.07, 6.45) is 2.58. The molecule has 29 heavy (non-hydrogen) atoms. The molecular weight excluding hydrogens is 392 g/mol. The van der Waals surface area contributed by atoms with E-state index in [9.17, 15) is 19.6 Å². The Bertz CT molecular complexity index is 1030. The molecule has 7 nitrogen and oxygen atoms in total. The van der Waals surface area contributed by atoms with E-state index in [4.69, 9.17) is 9.47 Å². The van der Waals surface area contributed by atoms with Gasteiger partial charge in [-0.2, -0.15) is 5.26 Å². The molecule has 0 radical (unpaired) electrons. The highest BCUT2D eigenvalue weighted by Gasteiger charge is 2.38. The predicted molar refractivity (Wildman–Crippen MR) is 107 cm³/mol. The molecule has 1 atom stereocenters. The van der Waals surface area contributed by atoms with Crippen molar-refractivity contribution in [2.45, 2.75) is 18.8 Å². The molecule has 0 spiro atoms. The van der Waals surface area contributed by atoms with E-state index in [0.717, 1.165) is 4.88 Å². The van der Waals surface area contributed by atoms with Gasteiger partial charge in [0, 0.05) is 4.88 Å². The smallest absolute Gasteiger partial charge is 0.341 e. The van der Waals surface area contributed by atoms with E-state index in [1.165, 1.54) is 31.6 Å². The summed E-state index contributed by atoms with van der Waals surface area (Å²) in [4.78, 5) is 38.0. The van der Waals surface area contributed by atoms with Crippen LogP contribution in [0.25, 0.3) is 6.08 Å². The van der Waals surface area contributed by atoms with Gasteiger partial charge < -0.3 is 14.8 Å². The lowest BCUT2D eigenvalue weighted by Crippen LogP contribution is -2.18. The van der Waals surface area contributed by atoms with Crippen LogP contribution in [0.15, 0.2) is 35.9 Å². The molecule has 0 aliphatic heterocycles. The number of amides is 1. The van der Waals surface area contributed by atoms with E-state index in [0.29, 0.717) is 24.0 Å². The molecule has 0 unspecified atom stereocenters. The van der Waals surface area contributed by atoms with Gasteiger partial charge in [0.25, 0.3) is 5.91 Å². The van der Waals surface area contributed by atoms with E-state index in [2.05, 4.69) is 5.32 Å². The van der Waals surface area contributed by atoms with Crippen LogP contribution in [-0.4, -0.2) is 32.1 Å². The molecule has 1 heterocycles. The summed E-state index contributed by atoms with van der Waals surface area (Å²) in [5, 5.41) is 12.3. The molecule has 1 aromatic carbocycles. The molecule has 148 valence electrons. The van der Waals surface area contributed by atoms with Crippen LogP contribution in [0.4, 0.5) is 5.00 Å². The highest BCUT2D eigenvalue weighted by atomic mass is 32.1. The lowest BCUT2D eigenvalue weighted by atomic mass is 9.99. The third kappa shape index (κ3) is 4.05. The number of hydrogen-bond donors (Lipinski definition) is 1. The van der Waals surface area contributed by atoms with Gasteiger partial charge in [-0.3, -0.25) is 9.59 Å². The molecule has 3 rings (SSSR count). The molecule has 0 fully saturated rings. The summed E-state index contributed by atoms with van der Waals surface area (Å²) in [5.41, 5.74) is 1.28. The van der Waals surface area contributed by atoms with Gasteiger partial charge in [0.05, 0.1) is 25.7 Å². The molecule has 1 aliphatic rings. The Labute approximate surface area is 171 Å². The SMILES string of the molecule is COC(=O)c1c(NC(=O)/C(C#N)=C\c2ccccc2)sc2c1[C@H](C(=O)OC)CC2. The standard InChI is InChI=1S/C21H18N2O5S/c1-27-20(25)14-8-9-15-16(14)17(21(26)28-2)19(29-15)23-18(24)13(11-22)10-12-6-4-3-5-7-12/h3-7,10,14H,8-9H2,1-2H3,(H,23,24)/b13-10-/t14-/m1/s1. The van der Waals surface area contributed by atoms with Crippen molar-refractivity contribution in [3.05, 3.63) is 57.5 Å². The number of benzene rings is 1. The molecular formula is C21H18N2O5S. The van der Waals surface area contributed by atoms with Gasteiger partial charge in [-0.1, -0.05) is 30.3 Å². The van der Waals surface area contributed by atoms with Crippen molar-refractivity contribution in [2.24, 2.45) is 0 Å². The van der Waals surface area contributed by atoms with E-state index < -0.39 is 23.8 Å². The van der Waals surface area contributed by atoms with Crippen molar-refractivity contribution >= 4 is 40.3 Å². The lowest BCUT2D eigenvalue weighted by Gasteiger charge is -2.11. The highest BCUT2D eigenvalue weighted by molar-refractivity contribution is 7.17.